The van der Waals surface area contributed by atoms with Crippen LogP contribution in [0, 0.1) is 0 Å². The first-order chi connectivity index (χ1) is 9.82. The van der Waals surface area contributed by atoms with Gasteiger partial charge in [-0.25, -0.2) is 4.79 Å². The maximum atomic E-state index is 13.6. The Morgan fingerprint density at radius 2 is 2.10 bits per heavy atom. The number of hydrogen-bond acceptors (Lipinski definition) is 2. The molecule has 1 N–H and O–H groups in total. The third kappa shape index (κ3) is 3.05. The molecule has 0 unspecified atom stereocenters. The molecule has 2 rings (SSSR count). The van der Waals surface area contributed by atoms with Crippen LogP contribution in [0.1, 0.15) is 38.3 Å². The van der Waals surface area contributed by atoms with Gasteiger partial charge in [0.25, 0.3) is 0 Å². The van der Waals surface area contributed by atoms with E-state index in [9.17, 15) is 9.18 Å². The Hall–Kier alpha value is -1.55. The SMILES string of the molecule is C/C(=C(\F)C(=O)O)c1cc(Cl)c2c(c1)CCCN2C(C)C. The van der Waals surface area contributed by atoms with Crippen LogP contribution in [0.4, 0.5) is 10.1 Å². The number of benzene rings is 1. The Morgan fingerprint density at radius 3 is 2.67 bits per heavy atom. The first-order valence-corrected chi connectivity index (χ1v) is 7.39. The number of halogens is 2. The number of hydrogen-bond donors (Lipinski definition) is 1. The van der Waals surface area contributed by atoms with Crippen molar-refractivity contribution >= 4 is 28.8 Å². The van der Waals surface area contributed by atoms with Crippen molar-refractivity contribution in [3.63, 3.8) is 0 Å². The Balaban J connectivity index is 2.54. The first-order valence-electron chi connectivity index (χ1n) is 7.02. The van der Waals surface area contributed by atoms with Crippen molar-refractivity contribution in [2.75, 3.05) is 11.4 Å². The van der Waals surface area contributed by atoms with E-state index in [0.29, 0.717) is 16.6 Å². The largest absolute Gasteiger partial charge is 0.476 e. The van der Waals surface area contributed by atoms with Gasteiger partial charge in [0.1, 0.15) is 0 Å². The minimum absolute atomic E-state index is 0.105. The van der Waals surface area contributed by atoms with Crippen molar-refractivity contribution in [1.29, 1.82) is 0 Å². The molecule has 114 valence electrons. The van der Waals surface area contributed by atoms with Crippen LogP contribution in [-0.2, 0) is 11.2 Å². The highest BCUT2D eigenvalue weighted by Gasteiger charge is 2.23. The van der Waals surface area contributed by atoms with Gasteiger partial charge in [-0.3, -0.25) is 0 Å². The number of carbonyl (C=O) groups is 1. The number of aryl methyl sites for hydroxylation is 1. The molecular weight excluding hydrogens is 293 g/mol. The quantitative estimate of drug-likeness (QED) is 0.847. The second kappa shape index (κ2) is 6.06. The zero-order valence-electron chi connectivity index (χ0n) is 12.4. The highest BCUT2D eigenvalue weighted by atomic mass is 35.5. The number of allylic oxidation sites excluding steroid dienone is 1. The topological polar surface area (TPSA) is 40.5 Å². The fraction of sp³-hybridized carbons (Fsp3) is 0.438. The molecule has 5 heteroatoms. The Morgan fingerprint density at radius 1 is 1.43 bits per heavy atom. The van der Waals surface area contributed by atoms with E-state index in [4.69, 9.17) is 16.7 Å². The van der Waals surface area contributed by atoms with Gasteiger partial charge in [0.05, 0.1) is 10.7 Å². The van der Waals surface area contributed by atoms with Crippen molar-refractivity contribution in [3.8, 4) is 0 Å². The van der Waals surface area contributed by atoms with E-state index in [2.05, 4.69) is 18.7 Å². The maximum Gasteiger partial charge on any atom is 0.365 e. The van der Waals surface area contributed by atoms with Gasteiger partial charge in [0.15, 0.2) is 0 Å². The standard InChI is InChI=1S/C16H19ClFNO2/c1-9(2)19-6-4-5-11-7-12(8-13(17)15(11)19)10(3)14(18)16(20)21/h7-9H,4-6H2,1-3H3,(H,20,21)/b14-10+. The van der Waals surface area contributed by atoms with E-state index in [1.165, 1.54) is 6.92 Å². The van der Waals surface area contributed by atoms with Crippen LogP contribution in [0.5, 0.6) is 0 Å². The average molecular weight is 312 g/mol. The molecule has 0 bridgehead atoms. The highest BCUT2D eigenvalue weighted by molar-refractivity contribution is 6.33. The van der Waals surface area contributed by atoms with Crippen LogP contribution in [0.25, 0.3) is 5.57 Å². The normalized spacial score (nSPS) is 15.8. The molecule has 1 aromatic rings. The van der Waals surface area contributed by atoms with Crippen molar-refractivity contribution in [1.82, 2.24) is 0 Å². The Labute approximate surface area is 129 Å². The van der Waals surface area contributed by atoms with Gasteiger partial charge >= 0.3 is 5.97 Å². The number of rotatable bonds is 3. The summed E-state index contributed by atoms with van der Waals surface area (Å²) in [6.07, 6.45) is 1.88. The molecule has 0 saturated heterocycles. The summed E-state index contributed by atoms with van der Waals surface area (Å²) in [7, 11) is 0. The lowest BCUT2D eigenvalue weighted by Crippen LogP contribution is -2.35. The van der Waals surface area contributed by atoms with Crippen molar-refractivity contribution in [3.05, 3.63) is 34.1 Å². The summed E-state index contributed by atoms with van der Waals surface area (Å²) in [5, 5.41) is 9.31. The second-order valence-corrected chi connectivity index (χ2v) is 6.01. The fourth-order valence-electron chi connectivity index (χ4n) is 2.74. The van der Waals surface area contributed by atoms with Crippen molar-refractivity contribution < 1.29 is 14.3 Å². The molecule has 3 nitrogen and oxygen atoms in total. The van der Waals surface area contributed by atoms with E-state index in [-0.39, 0.29) is 5.57 Å². The molecule has 0 aromatic heterocycles. The highest BCUT2D eigenvalue weighted by Crippen LogP contribution is 2.38. The van der Waals surface area contributed by atoms with E-state index < -0.39 is 11.8 Å². The first kappa shape index (κ1) is 15.8. The summed E-state index contributed by atoms with van der Waals surface area (Å²) in [6, 6.07) is 3.84. The van der Waals surface area contributed by atoms with Gasteiger partial charge in [-0.15, -0.1) is 0 Å². The average Bonchev–Trinajstić information content (AvgIpc) is 2.44. The van der Waals surface area contributed by atoms with Crippen LogP contribution in [0.15, 0.2) is 18.0 Å². The van der Waals surface area contributed by atoms with Gasteiger partial charge in [-0.05, 0) is 62.4 Å². The summed E-state index contributed by atoms with van der Waals surface area (Å²) >= 11 is 6.38. The Bertz CT molecular complexity index is 611. The third-order valence-corrected chi connectivity index (χ3v) is 4.14. The molecular formula is C16H19ClFNO2. The van der Waals surface area contributed by atoms with Gasteiger partial charge in [-0.1, -0.05) is 11.6 Å². The fourth-order valence-corrected chi connectivity index (χ4v) is 3.09. The molecule has 0 spiro atoms. The van der Waals surface area contributed by atoms with Gasteiger partial charge < -0.3 is 10.0 Å². The van der Waals surface area contributed by atoms with Crippen molar-refractivity contribution in [2.45, 2.75) is 39.7 Å². The number of nitrogens with zero attached hydrogens (tertiary/aromatic N) is 1. The lowest BCUT2D eigenvalue weighted by atomic mass is 9.95. The molecule has 1 aliphatic heterocycles. The van der Waals surface area contributed by atoms with Crippen molar-refractivity contribution in [2.24, 2.45) is 0 Å². The molecule has 0 fully saturated rings. The number of aliphatic carboxylic acids is 1. The van der Waals surface area contributed by atoms with E-state index in [0.717, 1.165) is 30.6 Å². The molecule has 1 aromatic carbocycles. The number of carboxylic acids is 1. The summed E-state index contributed by atoms with van der Waals surface area (Å²) in [4.78, 5) is 13.0. The summed E-state index contributed by atoms with van der Waals surface area (Å²) < 4.78 is 13.6. The molecule has 21 heavy (non-hydrogen) atoms. The molecule has 0 amide bonds. The third-order valence-electron chi connectivity index (χ3n) is 3.85. The minimum atomic E-state index is -1.55. The lowest BCUT2D eigenvalue weighted by Gasteiger charge is -2.35. The molecule has 0 saturated carbocycles. The zero-order valence-corrected chi connectivity index (χ0v) is 13.2. The van der Waals surface area contributed by atoms with E-state index >= 15 is 0 Å². The Kier molecular flexibility index (Phi) is 4.57. The van der Waals surface area contributed by atoms with Gasteiger partial charge in [-0.2, -0.15) is 4.39 Å². The number of anilines is 1. The molecule has 0 radical (unpaired) electrons. The van der Waals surface area contributed by atoms with Crippen LogP contribution in [0.3, 0.4) is 0 Å². The van der Waals surface area contributed by atoms with Crippen LogP contribution < -0.4 is 4.90 Å². The summed E-state index contributed by atoms with van der Waals surface area (Å²) in [6.45, 7) is 6.62. The maximum absolute atomic E-state index is 13.6. The number of fused-ring (bicyclic) bond motifs is 1. The predicted octanol–water partition coefficient (Wildman–Crippen LogP) is 4.29. The summed E-state index contributed by atoms with van der Waals surface area (Å²) in [5.74, 6) is -2.69. The van der Waals surface area contributed by atoms with Gasteiger partial charge in [0, 0.05) is 12.6 Å². The predicted molar refractivity (Wildman–Crippen MR) is 83.6 cm³/mol. The van der Waals surface area contributed by atoms with E-state index in [1.807, 2.05) is 6.07 Å². The zero-order chi connectivity index (χ0) is 15.7. The molecule has 1 heterocycles. The van der Waals surface area contributed by atoms with Crippen LogP contribution in [-0.4, -0.2) is 23.7 Å². The summed E-state index contributed by atoms with van der Waals surface area (Å²) in [5.41, 5.74) is 2.68. The van der Waals surface area contributed by atoms with Crippen LogP contribution in [0.2, 0.25) is 5.02 Å². The minimum Gasteiger partial charge on any atom is -0.476 e. The second-order valence-electron chi connectivity index (χ2n) is 5.60. The monoisotopic (exact) mass is 311 g/mol. The van der Waals surface area contributed by atoms with Crippen LogP contribution >= 0.6 is 11.6 Å². The number of carboxylic acid groups (broad SMARTS) is 1. The molecule has 0 atom stereocenters. The molecule has 0 aliphatic carbocycles. The smallest absolute Gasteiger partial charge is 0.365 e. The lowest BCUT2D eigenvalue weighted by molar-refractivity contribution is -0.134. The van der Waals surface area contributed by atoms with E-state index in [1.54, 1.807) is 6.07 Å². The van der Waals surface area contributed by atoms with Gasteiger partial charge in [0.2, 0.25) is 5.83 Å². The molecule has 1 aliphatic rings.